The first kappa shape index (κ1) is 22.3. The van der Waals surface area contributed by atoms with Crippen LogP contribution in [0.3, 0.4) is 0 Å². The van der Waals surface area contributed by atoms with Crippen LogP contribution in [0.4, 0.5) is 17.5 Å². The molecular formula is C26H27N5O2S. The summed E-state index contributed by atoms with van der Waals surface area (Å²) in [6, 6.07) is 17.3. The number of aryl methyl sites for hydroxylation is 2. The molecule has 0 spiro atoms. The van der Waals surface area contributed by atoms with Gasteiger partial charge in [0.05, 0.1) is 10.3 Å². The smallest absolute Gasteiger partial charge is 0.269 e. The predicted molar refractivity (Wildman–Crippen MR) is 139 cm³/mol. The van der Waals surface area contributed by atoms with Crippen LogP contribution in [0, 0.1) is 17.0 Å². The Morgan fingerprint density at radius 1 is 1.03 bits per heavy atom. The van der Waals surface area contributed by atoms with Crippen molar-refractivity contribution in [2.24, 2.45) is 0 Å². The van der Waals surface area contributed by atoms with Gasteiger partial charge in [0.2, 0.25) is 5.95 Å². The second kappa shape index (κ2) is 9.77. The van der Waals surface area contributed by atoms with Crippen molar-refractivity contribution in [2.75, 3.05) is 29.9 Å². The topological polar surface area (TPSA) is 84.2 Å². The summed E-state index contributed by atoms with van der Waals surface area (Å²) in [5.74, 6) is 1.78. The first-order chi connectivity index (χ1) is 16.6. The average molecular weight is 474 g/mol. The minimum Gasteiger partial charge on any atom is -0.369 e. The first-order valence-corrected chi connectivity index (χ1v) is 12.5. The monoisotopic (exact) mass is 473 g/mol. The Hall–Kier alpha value is -3.52. The van der Waals surface area contributed by atoms with E-state index in [0.29, 0.717) is 0 Å². The quantitative estimate of drug-likeness (QED) is 0.186. The number of nitrogens with one attached hydrogen (secondary N) is 1. The maximum Gasteiger partial charge on any atom is 0.269 e. The third-order valence-electron chi connectivity index (χ3n) is 6.19. The number of anilines is 2. The van der Waals surface area contributed by atoms with Gasteiger partial charge in [-0.2, -0.15) is 4.98 Å². The molecule has 1 saturated heterocycles. The second-order valence-electron chi connectivity index (χ2n) is 8.67. The van der Waals surface area contributed by atoms with E-state index in [1.165, 1.54) is 23.3 Å². The van der Waals surface area contributed by atoms with Crippen molar-refractivity contribution in [3.63, 3.8) is 0 Å². The van der Waals surface area contributed by atoms with Gasteiger partial charge in [-0.1, -0.05) is 24.3 Å². The third-order valence-corrected chi connectivity index (χ3v) is 7.14. The Kier molecular flexibility index (Phi) is 6.40. The molecule has 2 aromatic carbocycles. The zero-order chi connectivity index (χ0) is 23.5. The Morgan fingerprint density at radius 2 is 1.71 bits per heavy atom. The van der Waals surface area contributed by atoms with Gasteiger partial charge in [-0.15, -0.1) is 11.3 Å². The number of thiophene rings is 1. The van der Waals surface area contributed by atoms with Crippen molar-refractivity contribution >= 4 is 39.0 Å². The van der Waals surface area contributed by atoms with E-state index in [9.17, 15) is 10.1 Å². The normalized spacial score (nSPS) is 13.5. The van der Waals surface area contributed by atoms with E-state index < -0.39 is 0 Å². The zero-order valence-electron chi connectivity index (χ0n) is 19.2. The number of benzene rings is 2. The Labute approximate surface area is 202 Å². The summed E-state index contributed by atoms with van der Waals surface area (Å²) in [4.78, 5) is 24.7. The number of nitro benzene ring substituents is 1. The van der Waals surface area contributed by atoms with Gasteiger partial charge in [0.1, 0.15) is 10.6 Å². The number of hydrogen-bond acceptors (Lipinski definition) is 7. The summed E-state index contributed by atoms with van der Waals surface area (Å²) in [6.45, 7) is 5.02. The van der Waals surface area contributed by atoms with Crippen molar-refractivity contribution < 1.29 is 4.92 Å². The molecule has 0 saturated carbocycles. The molecule has 2 aromatic heterocycles. The van der Waals surface area contributed by atoms with Crippen molar-refractivity contribution in [2.45, 2.75) is 32.6 Å². The molecule has 7 nitrogen and oxygen atoms in total. The highest BCUT2D eigenvalue weighted by Crippen LogP contribution is 2.31. The number of nitrogens with zero attached hydrogens (tertiary/aromatic N) is 4. The molecule has 0 aliphatic carbocycles. The van der Waals surface area contributed by atoms with Crippen LogP contribution < -0.4 is 10.2 Å². The van der Waals surface area contributed by atoms with Crippen molar-refractivity contribution in [1.82, 2.24) is 9.97 Å². The van der Waals surface area contributed by atoms with Gasteiger partial charge in [0, 0.05) is 36.6 Å². The molecule has 0 atom stereocenters. The number of fused-ring (bicyclic) bond motifs is 1. The van der Waals surface area contributed by atoms with Crippen LogP contribution in [0.1, 0.15) is 29.7 Å². The molecule has 1 aliphatic rings. The fourth-order valence-electron chi connectivity index (χ4n) is 4.36. The fourth-order valence-corrected chi connectivity index (χ4v) is 5.24. The van der Waals surface area contributed by atoms with Gasteiger partial charge < -0.3 is 10.2 Å². The molecule has 0 amide bonds. The molecule has 1 aliphatic heterocycles. The average Bonchev–Trinajstić information content (AvgIpc) is 3.51. The van der Waals surface area contributed by atoms with Gasteiger partial charge in [-0.3, -0.25) is 10.1 Å². The van der Waals surface area contributed by atoms with E-state index in [2.05, 4.69) is 47.5 Å². The maximum absolute atomic E-state index is 10.8. The summed E-state index contributed by atoms with van der Waals surface area (Å²) in [6.07, 6.45) is 4.36. The third kappa shape index (κ3) is 4.87. The zero-order valence-corrected chi connectivity index (χ0v) is 20.0. The lowest BCUT2D eigenvalue weighted by Gasteiger charge is -2.16. The Bertz CT molecular complexity index is 1300. The molecule has 8 heteroatoms. The molecule has 174 valence electrons. The van der Waals surface area contributed by atoms with E-state index in [1.54, 1.807) is 35.6 Å². The van der Waals surface area contributed by atoms with Crippen molar-refractivity contribution in [3.8, 4) is 11.1 Å². The first-order valence-electron chi connectivity index (χ1n) is 11.7. The van der Waals surface area contributed by atoms with Crippen LogP contribution in [0.15, 0.2) is 54.6 Å². The minimum atomic E-state index is -0.375. The minimum absolute atomic E-state index is 0.110. The molecule has 3 heterocycles. The van der Waals surface area contributed by atoms with Gasteiger partial charge >= 0.3 is 0 Å². The van der Waals surface area contributed by atoms with Gasteiger partial charge in [-0.05, 0) is 67.5 Å². The van der Waals surface area contributed by atoms with E-state index in [0.717, 1.165) is 65.6 Å². The van der Waals surface area contributed by atoms with E-state index >= 15 is 0 Å². The fraction of sp³-hybridized carbons (Fsp3) is 0.308. The van der Waals surface area contributed by atoms with Gasteiger partial charge in [0.15, 0.2) is 0 Å². The lowest BCUT2D eigenvalue weighted by molar-refractivity contribution is -0.384. The molecule has 34 heavy (non-hydrogen) atoms. The molecule has 5 rings (SSSR count). The van der Waals surface area contributed by atoms with Gasteiger partial charge in [0.25, 0.3) is 5.69 Å². The number of hydrogen-bond donors (Lipinski definition) is 1. The number of rotatable bonds is 8. The number of non-ortho nitro benzene ring substituents is 1. The molecule has 0 bridgehead atoms. The van der Waals surface area contributed by atoms with Crippen LogP contribution in [0.5, 0.6) is 0 Å². The molecule has 1 fully saturated rings. The highest BCUT2D eigenvalue weighted by atomic mass is 32.1. The van der Waals surface area contributed by atoms with Gasteiger partial charge in [-0.25, -0.2) is 4.98 Å². The summed E-state index contributed by atoms with van der Waals surface area (Å²) in [7, 11) is 0. The lowest BCUT2D eigenvalue weighted by Crippen LogP contribution is -2.21. The molecule has 4 aromatic rings. The SMILES string of the molecule is Cc1cc2c(NCCCc3ccc(-c4ccc([N+](=O)[O-])cc4)cc3)nc(N3CCCC3)nc2s1. The van der Waals surface area contributed by atoms with Crippen LogP contribution >= 0.6 is 11.3 Å². The Morgan fingerprint density at radius 3 is 2.38 bits per heavy atom. The molecule has 1 N–H and O–H groups in total. The summed E-state index contributed by atoms with van der Waals surface area (Å²) >= 11 is 1.73. The summed E-state index contributed by atoms with van der Waals surface area (Å²) < 4.78 is 0. The Balaban J connectivity index is 1.20. The van der Waals surface area contributed by atoms with Crippen LogP contribution in [-0.2, 0) is 6.42 Å². The van der Waals surface area contributed by atoms with Crippen LogP contribution in [0.2, 0.25) is 0 Å². The van der Waals surface area contributed by atoms with Crippen LogP contribution in [-0.4, -0.2) is 34.5 Å². The largest absolute Gasteiger partial charge is 0.369 e. The lowest BCUT2D eigenvalue weighted by atomic mass is 10.0. The number of nitro groups is 1. The van der Waals surface area contributed by atoms with Crippen molar-refractivity contribution in [3.05, 3.63) is 75.2 Å². The van der Waals surface area contributed by atoms with E-state index in [1.807, 2.05) is 0 Å². The summed E-state index contributed by atoms with van der Waals surface area (Å²) in [5.41, 5.74) is 3.41. The molecule has 0 unspecified atom stereocenters. The standard InChI is InChI=1S/C26H27N5O2S/c1-18-17-23-24(28-26(29-25(23)34-18)30-15-2-3-16-30)27-14-4-5-19-6-8-20(9-7-19)21-10-12-22(13-11-21)31(32)33/h6-13,17H,2-5,14-16H2,1H3,(H,27,28,29). The van der Waals surface area contributed by atoms with E-state index in [4.69, 9.17) is 9.97 Å². The van der Waals surface area contributed by atoms with E-state index in [-0.39, 0.29) is 10.6 Å². The molecular weight excluding hydrogens is 446 g/mol. The summed E-state index contributed by atoms with van der Waals surface area (Å²) in [5, 5.41) is 15.5. The maximum atomic E-state index is 10.8. The number of aromatic nitrogens is 2. The molecule has 0 radical (unpaired) electrons. The van der Waals surface area contributed by atoms with Crippen LogP contribution in [0.25, 0.3) is 21.3 Å². The highest BCUT2D eigenvalue weighted by Gasteiger charge is 2.18. The second-order valence-corrected chi connectivity index (χ2v) is 9.91. The van der Waals surface area contributed by atoms with Crippen molar-refractivity contribution in [1.29, 1.82) is 0 Å². The predicted octanol–water partition coefficient (Wildman–Crippen LogP) is 6.22. The highest BCUT2D eigenvalue weighted by molar-refractivity contribution is 7.18.